The highest BCUT2D eigenvalue weighted by Crippen LogP contribution is 2.37. The first-order valence-corrected chi connectivity index (χ1v) is 12.9. The second-order valence-corrected chi connectivity index (χ2v) is 11.0. The van der Waals surface area contributed by atoms with Crippen molar-refractivity contribution in [2.24, 2.45) is 10.2 Å². The van der Waals surface area contributed by atoms with Crippen LogP contribution in [0.15, 0.2) is 80.3 Å². The minimum absolute atomic E-state index is 0.0604. The molecule has 2 N–H and O–H groups in total. The van der Waals surface area contributed by atoms with Gasteiger partial charge in [-0.3, -0.25) is 9.10 Å². The summed E-state index contributed by atoms with van der Waals surface area (Å²) in [5.74, 6) is -1.03. The number of H-pyrrole nitrogens is 1. The number of halogens is 1. The summed E-state index contributed by atoms with van der Waals surface area (Å²) in [6.07, 6.45) is 0. The first kappa shape index (κ1) is 24.6. The molecule has 10 heteroatoms. The Labute approximate surface area is 211 Å². The van der Waals surface area contributed by atoms with Gasteiger partial charge >= 0.3 is 0 Å². The quantitative estimate of drug-likeness (QED) is 0.281. The fourth-order valence-electron chi connectivity index (χ4n) is 3.53. The van der Waals surface area contributed by atoms with E-state index in [0.29, 0.717) is 16.6 Å². The molecule has 0 radical (unpaired) electrons. The fourth-order valence-corrected chi connectivity index (χ4v) is 5.30. The molecule has 0 saturated carbocycles. The number of nitrogens with zero attached hydrogens (tertiary/aromatic N) is 3. The summed E-state index contributed by atoms with van der Waals surface area (Å²) in [6, 6.07) is 16.9. The maximum atomic E-state index is 13.5. The number of aromatic amines is 1. The molecule has 4 aromatic rings. The van der Waals surface area contributed by atoms with Gasteiger partial charge in [0.2, 0.25) is 5.88 Å². The van der Waals surface area contributed by atoms with E-state index in [1.165, 1.54) is 12.1 Å². The van der Waals surface area contributed by atoms with Crippen molar-refractivity contribution in [3.63, 3.8) is 0 Å². The fraction of sp³-hybridized carbons (Fsp3) is 0.160. The van der Waals surface area contributed by atoms with Crippen LogP contribution in [0.2, 0.25) is 0 Å². The molecule has 0 saturated heterocycles. The van der Waals surface area contributed by atoms with E-state index < -0.39 is 22.5 Å². The number of hydrogen-bond donors (Lipinski definition) is 2. The van der Waals surface area contributed by atoms with Gasteiger partial charge in [0.25, 0.3) is 15.9 Å². The van der Waals surface area contributed by atoms with Crippen molar-refractivity contribution in [2.75, 3.05) is 10.8 Å². The van der Waals surface area contributed by atoms with Gasteiger partial charge in [-0.2, -0.15) is 0 Å². The molecule has 1 heterocycles. The lowest BCUT2D eigenvalue weighted by atomic mass is 10.1. The van der Waals surface area contributed by atoms with Crippen molar-refractivity contribution >= 4 is 54.1 Å². The zero-order valence-electron chi connectivity index (χ0n) is 19.3. The van der Waals surface area contributed by atoms with Gasteiger partial charge in [0, 0.05) is 9.86 Å². The third-order valence-electron chi connectivity index (χ3n) is 5.64. The van der Waals surface area contributed by atoms with Crippen LogP contribution in [0, 0.1) is 20.8 Å². The number of fused-ring (bicyclic) bond motifs is 1. The number of hydrogen-bond acceptors (Lipinski definition) is 5. The molecule has 0 bridgehead atoms. The molecule has 0 atom stereocenters. The normalized spacial score (nSPS) is 11.9. The van der Waals surface area contributed by atoms with Crippen molar-refractivity contribution in [2.45, 2.75) is 25.7 Å². The number of aromatic nitrogens is 1. The lowest BCUT2D eigenvalue weighted by Crippen LogP contribution is -2.35. The standard InChI is InChI=1S/C25H23BrN4O4S/c1-15-4-9-20(10-5-15)35(33,34)30(19-8-6-16(2)17(3)12-19)14-23(31)28-29-24-21-13-18(26)7-11-22(21)27-25(24)32/h4-13,27,32H,14H2,1-3H3. The average molecular weight is 555 g/mol. The Morgan fingerprint density at radius 3 is 2.40 bits per heavy atom. The summed E-state index contributed by atoms with van der Waals surface area (Å²) in [6.45, 7) is 5.09. The highest BCUT2D eigenvalue weighted by molar-refractivity contribution is 9.10. The Kier molecular flexibility index (Phi) is 6.77. The van der Waals surface area contributed by atoms with Gasteiger partial charge in [-0.05, 0) is 74.4 Å². The maximum Gasteiger partial charge on any atom is 0.285 e. The number of azo groups is 1. The second-order valence-electron chi connectivity index (χ2n) is 8.20. The Bertz CT molecular complexity index is 1560. The molecule has 0 aliphatic rings. The number of benzene rings is 3. The topological polar surface area (TPSA) is 115 Å². The first-order chi connectivity index (χ1) is 16.6. The predicted molar refractivity (Wildman–Crippen MR) is 139 cm³/mol. The third-order valence-corrected chi connectivity index (χ3v) is 7.92. The average Bonchev–Trinajstić information content (AvgIpc) is 3.12. The van der Waals surface area contributed by atoms with Gasteiger partial charge in [-0.25, -0.2) is 8.42 Å². The molecule has 1 aromatic heterocycles. The van der Waals surface area contributed by atoms with Crippen molar-refractivity contribution in [1.82, 2.24) is 4.98 Å². The molecule has 3 aromatic carbocycles. The Balaban J connectivity index is 1.70. The molecule has 180 valence electrons. The second kappa shape index (κ2) is 9.63. The summed E-state index contributed by atoms with van der Waals surface area (Å²) in [5, 5.41) is 18.4. The summed E-state index contributed by atoms with van der Waals surface area (Å²) >= 11 is 3.37. The number of carbonyl (C=O) groups excluding carboxylic acids is 1. The van der Waals surface area contributed by atoms with Gasteiger partial charge in [0.05, 0.1) is 16.1 Å². The Morgan fingerprint density at radius 1 is 1.00 bits per heavy atom. The number of sulfonamides is 1. The van der Waals surface area contributed by atoms with Crippen LogP contribution in [0.4, 0.5) is 11.4 Å². The number of carbonyl (C=O) groups is 1. The van der Waals surface area contributed by atoms with E-state index >= 15 is 0 Å². The summed E-state index contributed by atoms with van der Waals surface area (Å²) in [5.41, 5.74) is 3.84. The van der Waals surface area contributed by atoms with E-state index in [1.807, 2.05) is 20.8 Å². The van der Waals surface area contributed by atoms with Crippen LogP contribution in [-0.2, 0) is 14.8 Å². The lowest BCUT2D eigenvalue weighted by Gasteiger charge is -2.24. The third kappa shape index (κ3) is 5.13. The summed E-state index contributed by atoms with van der Waals surface area (Å²) in [7, 11) is -4.07. The van der Waals surface area contributed by atoms with E-state index in [0.717, 1.165) is 25.5 Å². The van der Waals surface area contributed by atoms with E-state index in [-0.39, 0.29) is 16.5 Å². The van der Waals surface area contributed by atoms with Crippen LogP contribution in [0.25, 0.3) is 10.9 Å². The minimum atomic E-state index is -4.07. The number of amides is 1. The highest BCUT2D eigenvalue weighted by atomic mass is 79.9. The van der Waals surface area contributed by atoms with Gasteiger partial charge in [0.1, 0.15) is 6.54 Å². The number of aromatic hydroxyl groups is 1. The molecule has 0 spiro atoms. The Morgan fingerprint density at radius 2 is 1.71 bits per heavy atom. The van der Waals surface area contributed by atoms with Crippen molar-refractivity contribution in [3.05, 3.63) is 81.8 Å². The molecule has 8 nitrogen and oxygen atoms in total. The number of anilines is 1. The molecule has 0 aliphatic heterocycles. The largest absolute Gasteiger partial charge is 0.493 e. The molecule has 1 amide bonds. The molecular weight excluding hydrogens is 532 g/mol. The predicted octanol–water partition coefficient (Wildman–Crippen LogP) is 6.07. The van der Waals surface area contributed by atoms with Gasteiger partial charge in [0.15, 0.2) is 5.69 Å². The van der Waals surface area contributed by atoms with E-state index in [2.05, 4.69) is 31.1 Å². The van der Waals surface area contributed by atoms with E-state index in [9.17, 15) is 18.3 Å². The van der Waals surface area contributed by atoms with Crippen LogP contribution in [0.5, 0.6) is 5.88 Å². The number of nitrogens with one attached hydrogen (secondary N) is 1. The van der Waals surface area contributed by atoms with Crippen LogP contribution < -0.4 is 4.31 Å². The summed E-state index contributed by atoms with van der Waals surface area (Å²) < 4.78 is 28.8. The number of aryl methyl sites for hydroxylation is 3. The first-order valence-electron chi connectivity index (χ1n) is 10.7. The lowest BCUT2D eigenvalue weighted by molar-refractivity contribution is -0.116. The number of rotatable bonds is 6. The van der Waals surface area contributed by atoms with Crippen LogP contribution >= 0.6 is 15.9 Å². The zero-order chi connectivity index (χ0) is 25.3. The zero-order valence-corrected chi connectivity index (χ0v) is 21.7. The van der Waals surface area contributed by atoms with Crippen molar-refractivity contribution in [1.29, 1.82) is 0 Å². The van der Waals surface area contributed by atoms with Gasteiger partial charge in [-0.15, -0.1) is 10.2 Å². The molecule has 0 fully saturated rings. The molecule has 0 unspecified atom stereocenters. The highest BCUT2D eigenvalue weighted by Gasteiger charge is 2.27. The van der Waals surface area contributed by atoms with Crippen molar-refractivity contribution < 1.29 is 18.3 Å². The van der Waals surface area contributed by atoms with Crippen LogP contribution in [-0.4, -0.2) is 31.0 Å². The van der Waals surface area contributed by atoms with Crippen LogP contribution in [0.1, 0.15) is 16.7 Å². The Hall–Kier alpha value is -3.50. The maximum absolute atomic E-state index is 13.5. The molecule has 35 heavy (non-hydrogen) atoms. The summed E-state index contributed by atoms with van der Waals surface area (Å²) in [4.78, 5) is 15.7. The van der Waals surface area contributed by atoms with Crippen molar-refractivity contribution in [3.8, 4) is 5.88 Å². The van der Waals surface area contributed by atoms with Crippen LogP contribution in [0.3, 0.4) is 0 Å². The smallest absolute Gasteiger partial charge is 0.285 e. The monoisotopic (exact) mass is 554 g/mol. The SMILES string of the molecule is Cc1ccc(S(=O)(=O)N(CC(=O)N=Nc2c(O)[nH]c3ccc(Br)cc23)c2ccc(C)c(C)c2)cc1. The van der Waals surface area contributed by atoms with Gasteiger partial charge in [-0.1, -0.05) is 39.7 Å². The van der Waals surface area contributed by atoms with E-state index in [4.69, 9.17) is 0 Å². The molecular formula is C25H23BrN4O4S. The molecule has 0 aliphatic carbocycles. The van der Waals surface area contributed by atoms with Gasteiger partial charge < -0.3 is 10.1 Å². The minimum Gasteiger partial charge on any atom is -0.493 e. The molecule has 4 rings (SSSR count). The van der Waals surface area contributed by atoms with E-state index in [1.54, 1.807) is 48.5 Å².